The Morgan fingerprint density at radius 2 is 1.88 bits per heavy atom. The topological polar surface area (TPSA) is 52.7 Å². The maximum absolute atomic E-state index is 12.2. The second kappa shape index (κ2) is 3.86. The maximum atomic E-state index is 12.2. The summed E-state index contributed by atoms with van der Waals surface area (Å²) in [5, 5.41) is 8.08. The van der Waals surface area contributed by atoms with Crippen LogP contribution in [0.3, 0.4) is 0 Å². The molecule has 0 spiro atoms. The number of aryl methyl sites for hydroxylation is 2. The molecule has 0 atom stereocenters. The average Bonchev–Trinajstić information content (AvgIpc) is 2.73. The zero-order chi connectivity index (χ0) is 11.9. The van der Waals surface area contributed by atoms with Gasteiger partial charge in [0.1, 0.15) is 5.69 Å². The molecule has 0 amide bonds. The SMILES string of the molecule is Cc1c(C(=O)c2c(Br)cnn2C)cnn1C. The van der Waals surface area contributed by atoms with Gasteiger partial charge in [0.15, 0.2) is 0 Å². The molecule has 0 saturated heterocycles. The summed E-state index contributed by atoms with van der Waals surface area (Å²) in [6.45, 7) is 1.87. The van der Waals surface area contributed by atoms with Crippen LogP contribution in [0.25, 0.3) is 0 Å². The first-order valence-corrected chi connectivity index (χ1v) is 5.52. The van der Waals surface area contributed by atoms with E-state index in [1.807, 2.05) is 14.0 Å². The summed E-state index contributed by atoms with van der Waals surface area (Å²) in [4.78, 5) is 12.2. The smallest absolute Gasteiger partial charge is 0.215 e. The van der Waals surface area contributed by atoms with Crippen molar-refractivity contribution in [1.29, 1.82) is 0 Å². The molecule has 84 valence electrons. The second-order valence-electron chi connectivity index (χ2n) is 3.56. The fourth-order valence-electron chi connectivity index (χ4n) is 1.52. The number of carbonyl (C=O) groups is 1. The fourth-order valence-corrected chi connectivity index (χ4v) is 2.04. The summed E-state index contributed by atoms with van der Waals surface area (Å²) < 4.78 is 3.93. The van der Waals surface area contributed by atoms with Crippen molar-refractivity contribution in [3.05, 3.63) is 33.8 Å². The zero-order valence-corrected chi connectivity index (χ0v) is 10.8. The summed E-state index contributed by atoms with van der Waals surface area (Å²) in [6.07, 6.45) is 3.19. The van der Waals surface area contributed by atoms with E-state index in [0.29, 0.717) is 15.7 Å². The largest absolute Gasteiger partial charge is 0.287 e. The van der Waals surface area contributed by atoms with Gasteiger partial charge in [-0.2, -0.15) is 10.2 Å². The summed E-state index contributed by atoms with van der Waals surface area (Å²) in [6, 6.07) is 0. The summed E-state index contributed by atoms with van der Waals surface area (Å²) >= 11 is 3.31. The molecule has 2 rings (SSSR count). The lowest BCUT2D eigenvalue weighted by molar-refractivity contribution is 0.102. The lowest BCUT2D eigenvalue weighted by atomic mass is 10.1. The molecule has 0 fully saturated rings. The van der Waals surface area contributed by atoms with Gasteiger partial charge in [-0.1, -0.05) is 0 Å². The second-order valence-corrected chi connectivity index (χ2v) is 4.42. The number of rotatable bonds is 2. The molecule has 2 aromatic heterocycles. The molecular weight excluding hydrogens is 272 g/mol. The van der Waals surface area contributed by atoms with Crippen molar-refractivity contribution in [2.75, 3.05) is 0 Å². The number of nitrogens with zero attached hydrogens (tertiary/aromatic N) is 4. The Hall–Kier alpha value is -1.43. The minimum Gasteiger partial charge on any atom is -0.287 e. The molecule has 2 heterocycles. The van der Waals surface area contributed by atoms with Crippen LogP contribution in [0, 0.1) is 6.92 Å². The lowest BCUT2D eigenvalue weighted by Crippen LogP contribution is -2.10. The third kappa shape index (κ3) is 1.59. The van der Waals surface area contributed by atoms with Gasteiger partial charge in [0.2, 0.25) is 5.78 Å². The van der Waals surface area contributed by atoms with Crippen LogP contribution in [0.15, 0.2) is 16.9 Å². The standard InChI is InChI=1S/C10H11BrN4O/c1-6-7(4-12-14(6)2)10(16)9-8(11)5-13-15(9)3/h4-5H,1-3H3. The van der Waals surface area contributed by atoms with Crippen LogP contribution in [-0.2, 0) is 14.1 Å². The van der Waals surface area contributed by atoms with Crippen LogP contribution in [0.2, 0.25) is 0 Å². The molecule has 0 saturated carbocycles. The van der Waals surface area contributed by atoms with E-state index in [2.05, 4.69) is 26.1 Å². The van der Waals surface area contributed by atoms with Gasteiger partial charge in [-0.3, -0.25) is 14.2 Å². The Bertz CT molecular complexity index is 536. The van der Waals surface area contributed by atoms with E-state index < -0.39 is 0 Å². The minimum atomic E-state index is -0.0718. The highest BCUT2D eigenvalue weighted by Gasteiger charge is 2.20. The summed E-state index contributed by atoms with van der Waals surface area (Å²) in [5.41, 5.74) is 1.99. The first-order valence-electron chi connectivity index (χ1n) is 4.73. The monoisotopic (exact) mass is 282 g/mol. The first-order chi connectivity index (χ1) is 7.52. The molecule has 0 unspecified atom stereocenters. The summed E-state index contributed by atoms with van der Waals surface area (Å²) in [5.74, 6) is -0.0718. The van der Waals surface area contributed by atoms with Crippen LogP contribution in [-0.4, -0.2) is 25.3 Å². The molecule has 16 heavy (non-hydrogen) atoms. The van der Waals surface area contributed by atoms with E-state index in [9.17, 15) is 4.79 Å². The zero-order valence-electron chi connectivity index (χ0n) is 9.23. The molecule has 0 aliphatic rings. The third-order valence-corrected chi connectivity index (χ3v) is 3.17. The molecule has 6 heteroatoms. The maximum Gasteiger partial charge on any atom is 0.215 e. The molecule has 0 N–H and O–H groups in total. The van der Waals surface area contributed by atoms with E-state index in [1.54, 1.807) is 28.8 Å². The Morgan fingerprint density at radius 3 is 2.31 bits per heavy atom. The quantitative estimate of drug-likeness (QED) is 0.784. The predicted octanol–water partition coefficient (Wildman–Crippen LogP) is 1.46. The normalized spacial score (nSPS) is 10.8. The molecule has 2 aromatic rings. The van der Waals surface area contributed by atoms with Crippen LogP contribution in [0.1, 0.15) is 21.7 Å². The van der Waals surface area contributed by atoms with E-state index in [1.165, 1.54) is 0 Å². The van der Waals surface area contributed by atoms with E-state index in [0.717, 1.165) is 5.69 Å². The molecule has 0 aliphatic carbocycles. The van der Waals surface area contributed by atoms with Gasteiger partial charge >= 0.3 is 0 Å². The van der Waals surface area contributed by atoms with Crippen molar-refractivity contribution in [3.63, 3.8) is 0 Å². The molecule has 0 radical (unpaired) electrons. The fraction of sp³-hybridized carbons (Fsp3) is 0.300. The van der Waals surface area contributed by atoms with Crippen molar-refractivity contribution in [2.45, 2.75) is 6.92 Å². The van der Waals surface area contributed by atoms with Gasteiger partial charge in [0.25, 0.3) is 0 Å². The summed E-state index contributed by atoms with van der Waals surface area (Å²) in [7, 11) is 3.55. The number of halogens is 1. The lowest BCUT2D eigenvalue weighted by Gasteiger charge is -2.01. The van der Waals surface area contributed by atoms with Crippen LogP contribution in [0.4, 0.5) is 0 Å². The van der Waals surface area contributed by atoms with Gasteiger partial charge in [-0.25, -0.2) is 0 Å². The van der Waals surface area contributed by atoms with Gasteiger partial charge in [-0.15, -0.1) is 0 Å². The average molecular weight is 283 g/mol. The molecule has 0 bridgehead atoms. The van der Waals surface area contributed by atoms with Crippen molar-refractivity contribution in [3.8, 4) is 0 Å². The van der Waals surface area contributed by atoms with Gasteiger partial charge in [-0.05, 0) is 22.9 Å². The van der Waals surface area contributed by atoms with Crippen molar-refractivity contribution in [1.82, 2.24) is 19.6 Å². The number of carbonyl (C=O) groups excluding carboxylic acids is 1. The first kappa shape index (κ1) is 11.1. The number of aromatic nitrogens is 4. The van der Waals surface area contributed by atoms with E-state index >= 15 is 0 Å². The molecular formula is C10H11BrN4O. The number of hydrogen-bond acceptors (Lipinski definition) is 3. The van der Waals surface area contributed by atoms with Gasteiger partial charge in [0.05, 0.1) is 22.4 Å². The molecule has 0 aliphatic heterocycles. The molecule has 0 aromatic carbocycles. The van der Waals surface area contributed by atoms with E-state index in [4.69, 9.17) is 0 Å². The van der Waals surface area contributed by atoms with Crippen molar-refractivity contribution >= 4 is 21.7 Å². The highest BCUT2D eigenvalue weighted by molar-refractivity contribution is 9.10. The Balaban J connectivity index is 2.51. The molecule has 5 nitrogen and oxygen atoms in total. The van der Waals surface area contributed by atoms with Gasteiger partial charge in [0, 0.05) is 19.8 Å². The number of hydrogen-bond donors (Lipinski definition) is 0. The Kier molecular flexibility index (Phi) is 2.67. The highest BCUT2D eigenvalue weighted by atomic mass is 79.9. The number of ketones is 1. The van der Waals surface area contributed by atoms with Gasteiger partial charge < -0.3 is 0 Å². The highest BCUT2D eigenvalue weighted by Crippen LogP contribution is 2.20. The van der Waals surface area contributed by atoms with Crippen LogP contribution < -0.4 is 0 Å². The third-order valence-electron chi connectivity index (χ3n) is 2.59. The van der Waals surface area contributed by atoms with E-state index in [-0.39, 0.29) is 5.78 Å². The minimum absolute atomic E-state index is 0.0718. The van der Waals surface area contributed by atoms with Crippen molar-refractivity contribution < 1.29 is 4.79 Å². The van der Waals surface area contributed by atoms with Crippen molar-refractivity contribution in [2.24, 2.45) is 14.1 Å². The predicted molar refractivity (Wildman–Crippen MR) is 62.3 cm³/mol. The Morgan fingerprint density at radius 1 is 1.25 bits per heavy atom. The van der Waals surface area contributed by atoms with Crippen LogP contribution >= 0.6 is 15.9 Å². The van der Waals surface area contributed by atoms with Crippen LogP contribution in [0.5, 0.6) is 0 Å². The Labute approximate surface area is 101 Å².